The Morgan fingerprint density at radius 3 is 2.80 bits per heavy atom. The average Bonchev–Trinajstić information content (AvgIpc) is 2.20. The van der Waals surface area contributed by atoms with E-state index in [9.17, 15) is 9.90 Å². The molecule has 1 aromatic carbocycles. The van der Waals surface area contributed by atoms with Crippen molar-refractivity contribution in [2.45, 2.75) is 20.3 Å². The summed E-state index contributed by atoms with van der Waals surface area (Å²) in [4.78, 5) is 11.4. The topological polar surface area (TPSA) is 50.4 Å². The second kappa shape index (κ2) is 3.42. The van der Waals surface area contributed by atoms with Gasteiger partial charge in [-0.05, 0) is 25.5 Å². The van der Waals surface area contributed by atoms with E-state index in [1.807, 2.05) is 26.0 Å². The summed E-state index contributed by atoms with van der Waals surface area (Å²) in [7, 11) is 0. The summed E-state index contributed by atoms with van der Waals surface area (Å²) >= 11 is 0. The largest absolute Gasteiger partial charge is 0.507 e. The van der Waals surface area contributed by atoms with E-state index in [0.717, 1.165) is 5.56 Å². The molecular weight excluding hydrogens is 192 g/mol. The molecule has 1 heterocycles. The van der Waals surface area contributed by atoms with Gasteiger partial charge in [-0.1, -0.05) is 18.6 Å². The predicted molar refractivity (Wildman–Crippen MR) is 58.3 cm³/mol. The van der Waals surface area contributed by atoms with Crippen LogP contribution in [0.4, 0.5) is 0 Å². The number of hydrogen-bond donors (Lipinski definition) is 1. The maximum absolute atomic E-state index is 11.4. The summed E-state index contributed by atoms with van der Waals surface area (Å²) in [6, 6.07) is 5.36. The lowest BCUT2D eigenvalue weighted by molar-refractivity contribution is 0.458. The monoisotopic (exact) mass is 204 g/mol. The minimum Gasteiger partial charge on any atom is -0.507 e. The van der Waals surface area contributed by atoms with Gasteiger partial charge in [0, 0.05) is 0 Å². The third kappa shape index (κ3) is 1.50. The standard InChI is InChI=1S/C12H12O3/c1-3-8-11(13)9-6-7(2)4-5-10(9)15-12(8)14/h4-6,13H,3H2,1-2H3. The molecule has 1 aromatic heterocycles. The quantitative estimate of drug-likeness (QED) is 0.725. The molecule has 0 saturated heterocycles. The second-order valence-electron chi connectivity index (χ2n) is 3.57. The second-order valence-corrected chi connectivity index (χ2v) is 3.57. The van der Waals surface area contributed by atoms with Crippen LogP contribution in [0.15, 0.2) is 27.4 Å². The highest BCUT2D eigenvalue weighted by Gasteiger charge is 2.11. The van der Waals surface area contributed by atoms with Crippen LogP contribution in [0.2, 0.25) is 0 Å². The number of benzene rings is 1. The van der Waals surface area contributed by atoms with Crippen molar-refractivity contribution >= 4 is 11.0 Å². The highest BCUT2D eigenvalue weighted by atomic mass is 16.4. The zero-order chi connectivity index (χ0) is 11.0. The molecule has 0 fully saturated rings. The molecule has 0 saturated carbocycles. The summed E-state index contributed by atoms with van der Waals surface area (Å²) in [5.41, 5.74) is 1.34. The zero-order valence-electron chi connectivity index (χ0n) is 8.70. The van der Waals surface area contributed by atoms with Gasteiger partial charge in [0.05, 0.1) is 10.9 Å². The van der Waals surface area contributed by atoms with E-state index in [1.165, 1.54) is 0 Å². The molecule has 3 nitrogen and oxygen atoms in total. The van der Waals surface area contributed by atoms with Crippen molar-refractivity contribution in [2.24, 2.45) is 0 Å². The van der Waals surface area contributed by atoms with Gasteiger partial charge in [0.15, 0.2) is 0 Å². The molecular formula is C12H12O3. The molecule has 0 unspecified atom stereocenters. The third-order valence-corrected chi connectivity index (χ3v) is 2.48. The SMILES string of the molecule is CCc1c(O)c2cc(C)ccc2oc1=O. The Bertz CT molecular complexity index is 567. The molecule has 2 rings (SSSR count). The van der Waals surface area contributed by atoms with E-state index in [-0.39, 0.29) is 5.75 Å². The minimum atomic E-state index is -0.452. The summed E-state index contributed by atoms with van der Waals surface area (Å²) in [6.07, 6.45) is 0.470. The predicted octanol–water partition coefficient (Wildman–Crippen LogP) is 2.37. The van der Waals surface area contributed by atoms with Crippen molar-refractivity contribution in [3.8, 4) is 5.75 Å². The van der Waals surface area contributed by atoms with E-state index in [2.05, 4.69) is 0 Å². The molecule has 0 aliphatic heterocycles. The highest BCUT2D eigenvalue weighted by molar-refractivity contribution is 5.84. The fourth-order valence-electron chi connectivity index (χ4n) is 1.65. The third-order valence-electron chi connectivity index (χ3n) is 2.48. The van der Waals surface area contributed by atoms with Crippen LogP contribution in [0.25, 0.3) is 11.0 Å². The van der Waals surface area contributed by atoms with Crippen LogP contribution >= 0.6 is 0 Å². The zero-order valence-corrected chi connectivity index (χ0v) is 8.70. The average molecular weight is 204 g/mol. The molecule has 0 radical (unpaired) electrons. The van der Waals surface area contributed by atoms with Gasteiger partial charge >= 0.3 is 5.63 Å². The Kier molecular flexibility index (Phi) is 2.23. The van der Waals surface area contributed by atoms with E-state index < -0.39 is 5.63 Å². The van der Waals surface area contributed by atoms with Crippen LogP contribution in [0.3, 0.4) is 0 Å². The van der Waals surface area contributed by atoms with Crippen molar-refractivity contribution in [1.29, 1.82) is 0 Å². The van der Waals surface area contributed by atoms with E-state index in [1.54, 1.807) is 6.07 Å². The Balaban J connectivity index is 2.92. The Morgan fingerprint density at radius 1 is 1.40 bits per heavy atom. The van der Waals surface area contributed by atoms with Crippen molar-refractivity contribution < 1.29 is 9.52 Å². The van der Waals surface area contributed by atoms with Crippen LogP contribution in [-0.2, 0) is 6.42 Å². The van der Waals surface area contributed by atoms with Gasteiger partial charge in [0.1, 0.15) is 11.3 Å². The first kappa shape index (κ1) is 9.77. The Morgan fingerprint density at radius 2 is 2.13 bits per heavy atom. The van der Waals surface area contributed by atoms with Gasteiger partial charge in [0.25, 0.3) is 0 Å². The summed E-state index contributed by atoms with van der Waals surface area (Å²) < 4.78 is 5.10. The van der Waals surface area contributed by atoms with E-state index >= 15 is 0 Å². The van der Waals surface area contributed by atoms with Crippen molar-refractivity contribution in [2.75, 3.05) is 0 Å². The smallest absolute Gasteiger partial charge is 0.343 e. The van der Waals surface area contributed by atoms with Gasteiger partial charge in [-0.25, -0.2) is 4.79 Å². The molecule has 0 aliphatic rings. The molecule has 78 valence electrons. The lowest BCUT2D eigenvalue weighted by Gasteiger charge is -2.04. The lowest BCUT2D eigenvalue weighted by Crippen LogP contribution is -2.06. The molecule has 15 heavy (non-hydrogen) atoms. The number of rotatable bonds is 1. The van der Waals surface area contributed by atoms with E-state index in [4.69, 9.17) is 4.42 Å². The van der Waals surface area contributed by atoms with Crippen LogP contribution in [-0.4, -0.2) is 5.11 Å². The molecule has 0 spiro atoms. The maximum Gasteiger partial charge on any atom is 0.343 e. The first-order valence-corrected chi connectivity index (χ1v) is 4.88. The Hall–Kier alpha value is -1.77. The van der Waals surface area contributed by atoms with Crippen LogP contribution in [0.5, 0.6) is 5.75 Å². The molecule has 1 N–H and O–H groups in total. The van der Waals surface area contributed by atoms with Crippen LogP contribution in [0.1, 0.15) is 18.1 Å². The molecule has 0 amide bonds. The van der Waals surface area contributed by atoms with Crippen molar-refractivity contribution in [3.63, 3.8) is 0 Å². The fraction of sp³-hybridized carbons (Fsp3) is 0.250. The number of aromatic hydroxyl groups is 1. The summed E-state index contributed by atoms with van der Waals surface area (Å²) in [5.74, 6) is 0.0486. The van der Waals surface area contributed by atoms with Gasteiger partial charge < -0.3 is 9.52 Å². The normalized spacial score (nSPS) is 10.8. The van der Waals surface area contributed by atoms with Crippen molar-refractivity contribution in [1.82, 2.24) is 0 Å². The first-order valence-electron chi connectivity index (χ1n) is 4.88. The van der Waals surface area contributed by atoms with Crippen LogP contribution in [0, 0.1) is 6.92 Å². The molecule has 3 heteroatoms. The first-order chi connectivity index (χ1) is 7.13. The minimum absolute atomic E-state index is 0.0486. The van der Waals surface area contributed by atoms with E-state index in [0.29, 0.717) is 23.0 Å². The fourth-order valence-corrected chi connectivity index (χ4v) is 1.65. The maximum atomic E-state index is 11.4. The van der Waals surface area contributed by atoms with Crippen LogP contribution < -0.4 is 5.63 Å². The highest BCUT2D eigenvalue weighted by Crippen LogP contribution is 2.27. The van der Waals surface area contributed by atoms with Gasteiger partial charge in [-0.15, -0.1) is 0 Å². The summed E-state index contributed by atoms with van der Waals surface area (Å²) in [5, 5.41) is 10.5. The lowest BCUT2D eigenvalue weighted by atomic mass is 10.1. The Labute approximate surface area is 87.0 Å². The van der Waals surface area contributed by atoms with Gasteiger partial charge in [-0.2, -0.15) is 0 Å². The number of hydrogen-bond acceptors (Lipinski definition) is 3. The number of fused-ring (bicyclic) bond motifs is 1. The van der Waals surface area contributed by atoms with Crippen molar-refractivity contribution in [3.05, 3.63) is 39.7 Å². The molecule has 0 bridgehead atoms. The molecule has 0 aliphatic carbocycles. The molecule has 0 atom stereocenters. The number of aryl methyl sites for hydroxylation is 1. The molecule has 2 aromatic rings. The van der Waals surface area contributed by atoms with Gasteiger partial charge in [0.2, 0.25) is 0 Å². The van der Waals surface area contributed by atoms with Gasteiger partial charge in [-0.3, -0.25) is 0 Å². The summed E-state index contributed by atoms with van der Waals surface area (Å²) in [6.45, 7) is 3.74.